The number of hydrogen-bond donors (Lipinski definition) is 0. The summed E-state index contributed by atoms with van der Waals surface area (Å²) < 4.78 is 11.5. The van der Waals surface area contributed by atoms with Crippen LogP contribution in [0.4, 0.5) is 0 Å². The molecule has 0 aliphatic carbocycles. The molecule has 13 rings (SSSR count). The van der Waals surface area contributed by atoms with E-state index in [4.69, 9.17) is 4.42 Å². The van der Waals surface area contributed by atoms with Gasteiger partial charge in [-0.1, -0.05) is 182 Å². The Morgan fingerprint density at radius 1 is 0.254 bits per heavy atom. The first-order chi connectivity index (χ1) is 31.3. The van der Waals surface area contributed by atoms with Gasteiger partial charge in [0.2, 0.25) is 0 Å². The summed E-state index contributed by atoms with van der Waals surface area (Å²) in [6.45, 7) is 0. The SMILES string of the molecule is c1ccc(-c2cccc3c2oc2c(-c4ccc(-c5ccc(-n6c7ccccc7c7c(-c8ccc9c%10ccccc%10n(-c%10ccccc%10)c9c8)cccc76)cc5)cc4)cccc23)cc1. The van der Waals surface area contributed by atoms with Crippen molar-refractivity contribution in [3.63, 3.8) is 0 Å². The highest BCUT2D eigenvalue weighted by Gasteiger charge is 2.19. The van der Waals surface area contributed by atoms with Crippen molar-refractivity contribution in [2.45, 2.75) is 0 Å². The summed E-state index contributed by atoms with van der Waals surface area (Å²) in [5, 5.41) is 7.27. The molecule has 0 aliphatic heterocycles. The standard InChI is InChI=1S/C60H38N2O/c1-3-14-41(15-4-1)47-21-11-23-51-52-24-12-22-48(60(52)63-59(47)51)42-30-28-39(29-31-42)40-32-35-45(36-33-40)61-55-26-10-8-19-53(55)58-46(20-13-27-56(58)61)43-34-37-50-49-18-7-9-25-54(49)62(57(50)38-43)44-16-5-2-6-17-44/h1-38H. The number of aromatic nitrogens is 2. The third-order valence-corrected chi connectivity index (χ3v) is 13.0. The lowest BCUT2D eigenvalue weighted by Crippen LogP contribution is -1.94. The van der Waals surface area contributed by atoms with Crippen molar-refractivity contribution in [1.82, 2.24) is 9.13 Å². The van der Waals surface area contributed by atoms with Crippen molar-refractivity contribution in [3.8, 4) is 55.9 Å². The number of nitrogens with zero attached hydrogens (tertiary/aromatic N) is 2. The maximum Gasteiger partial charge on any atom is 0.143 e. The molecule has 0 N–H and O–H groups in total. The molecule has 0 unspecified atom stereocenters. The highest BCUT2D eigenvalue weighted by molar-refractivity contribution is 6.17. The fourth-order valence-electron chi connectivity index (χ4n) is 10.1. The van der Waals surface area contributed by atoms with E-state index in [0.29, 0.717) is 0 Å². The number of fused-ring (bicyclic) bond motifs is 9. The molecule has 0 atom stereocenters. The van der Waals surface area contributed by atoms with E-state index in [1.54, 1.807) is 0 Å². The maximum atomic E-state index is 6.73. The van der Waals surface area contributed by atoms with Crippen molar-refractivity contribution in [2.24, 2.45) is 0 Å². The van der Waals surface area contributed by atoms with E-state index in [-0.39, 0.29) is 0 Å². The van der Waals surface area contributed by atoms with Crippen molar-refractivity contribution < 1.29 is 4.42 Å². The van der Waals surface area contributed by atoms with Crippen LogP contribution < -0.4 is 0 Å². The number of rotatable bonds is 6. The molecule has 3 heteroatoms. The van der Waals surface area contributed by atoms with E-state index in [1.807, 2.05) is 6.07 Å². The predicted molar refractivity (Wildman–Crippen MR) is 264 cm³/mol. The Bertz CT molecular complexity index is 3870. The largest absolute Gasteiger partial charge is 0.455 e. The number of furan rings is 1. The lowest BCUT2D eigenvalue weighted by molar-refractivity contribution is 0.671. The smallest absolute Gasteiger partial charge is 0.143 e. The lowest BCUT2D eigenvalue weighted by atomic mass is 9.98. The van der Waals surface area contributed by atoms with Gasteiger partial charge in [-0.05, 0) is 81.9 Å². The van der Waals surface area contributed by atoms with Crippen LogP contribution in [0, 0.1) is 0 Å². The molecule has 0 amide bonds. The Balaban J connectivity index is 0.874. The van der Waals surface area contributed by atoms with Crippen LogP contribution in [-0.4, -0.2) is 9.13 Å². The van der Waals surface area contributed by atoms with E-state index >= 15 is 0 Å². The summed E-state index contributed by atoms with van der Waals surface area (Å²) in [6, 6.07) is 83.2. The zero-order chi connectivity index (χ0) is 41.4. The first kappa shape index (κ1) is 35.4. The van der Waals surface area contributed by atoms with Crippen molar-refractivity contribution >= 4 is 65.6 Å². The third kappa shape index (κ3) is 5.53. The number of hydrogen-bond acceptors (Lipinski definition) is 1. The lowest BCUT2D eigenvalue weighted by Gasteiger charge is -2.11. The normalized spacial score (nSPS) is 11.8. The Morgan fingerprint density at radius 2 is 0.698 bits per heavy atom. The Hall–Kier alpha value is -8.40. The van der Waals surface area contributed by atoms with Crippen molar-refractivity contribution in [1.29, 1.82) is 0 Å². The summed E-state index contributed by atoms with van der Waals surface area (Å²) in [6.07, 6.45) is 0. The van der Waals surface area contributed by atoms with E-state index in [0.717, 1.165) is 55.6 Å². The van der Waals surface area contributed by atoms with Crippen molar-refractivity contribution in [3.05, 3.63) is 231 Å². The second kappa shape index (κ2) is 14.1. The van der Waals surface area contributed by atoms with Crippen LogP contribution in [0.1, 0.15) is 0 Å². The second-order valence-electron chi connectivity index (χ2n) is 16.4. The molecule has 0 bridgehead atoms. The van der Waals surface area contributed by atoms with Crippen LogP contribution in [0.15, 0.2) is 235 Å². The van der Waals surface area contributed by atoms with E-state index < -0.39 is 0 Å². The quantitative estimate of drug-likeness (QED) is 0.164. The monoisotopic (exact) mass is 802 g/mol. The summed E-state index contributed by atoms with van der Waals surface area (Å²) in [4.78, 5) is 0. The molecule has 3 aromatic heterocycles. The minimum Gasteiger partial charge on any atom is -0.455 e. The second-order valence-corrected chi connectivity index (χ2v) is 16.4. The number of para-hydroxylation sites is 5. The molecule has 3 nitrogen and oxygen atoms in total. The topological polar surface area (TPSA) is 23.0 Å². The minimum absolute atomic E-state index is 0.915. The predicted octanol–water partition coefficient (Wildman–Crippen LogP) is 16.4. The Labute approximate surface area is 363 Å². The zero-order valence-corrected chi connectivity index (χ0v) is 34.2. The van der Waals surface area contributed by atoms with E-state index in [2.05, 4.69) is 234 Å². The molecule has 0 aliphatic rings. The zero-order valence-electron chi connectivity index (χ0n) is 34.2. The van der Waals surface area contributed by atoms with Gasteiger partial charge in [0.1, 0.15) is 11.2 Å². The van der Waals surface area contributed by atoms with Gasteiger partial charge < -0.3 is 13.6 Å². The van der Waals surface area contributed by atoms with E-state index in [1.165, 1.54) is 65.9 Å². The molecule has 294 valence electrons. The highest BCUT2D eigenvalue weighted by atomic mass is 16.3. The summed E-state index contributed by atoms with van der Waals surface area (Å²) in [5.41, 5.74) is 18.2. The van der Waals surface area contributed by atoms with Gasteiger partial charge in [0, 0.05) is 54.8 Å². The van der Waals surface area contributed by atoms with Gasteiger partial charge in [-0.25, -0.2) is 0 Å². The van der Waals surface area contributed by atoms with Crippen LogP contribution >= 0.6 is 0 Å². The molecule has 10 aromatic carbocycles. The molecule has 0 radical (unpaired) electrons. The van der Waals surface area contributed by atoms with E-state index in [9.17, 15) is 0 Å². The first-order valence-electron chi connectivity index (χ1n) is 21.6. The van der Waals surface area contributed by atoms with Gasteiger partial charge in [0.15, 0.2) is 0 Å². The average molecular weight is 803 g/mol. The Morgan fingerprint density at radius 3 is 1.40 bits per heavy atom. The first-order valence-corrected chi connectivity index (χ1v) is 21.6. The highest BCUT2D eigenvalue weighted by Crippen LogP contribution is 2.43. The molecule has 0 saturated carbocycles. The minimum atomic E-state index is 0.915. The maximum absolute atomic E-state index is 6.73. The molecule has 13 aromatic rings. The van der Waals surface area contributed by atoms with Gasteiger partial charge in [-0.15, -0.1) is 0 Å². The molecule has 0 spiro atoms. The average Bonchev–Trinajstić information content (AvgIpc) is 4.02. The summed E-state index contributed by atoms with van der Waals surface area (Å²) in [5.74, 6) is 0. The Kier molecular flexibility index (Phi) is 7.91. The number of benzene rings is 10. The third-order valence-electron chi connectivity index (χ3n) is 13.0. The fraction of sp³-hybridized carbons (Fsp3) is 0. The molecule has 0 saturated heterocycles. The van der Waals surface area contributed by atoms with Gasteiger partial charge in [0.05, 0.1) is 22.1 Å². The molecule has 63 heavy (non-hydrogen) atoms. The molecular weight excluding hydrogens is 765 g/mol. The van der Waals surface area contributed by atoms with Crippen LogP contribution in [0.3, 0.4) is 0 Å². The van der Waals surface area contributed by atoms with Gasteiger partial charge in [-0.2, -0.15) is 0 Å². The molecular formula is C60H38N2O. The summed E-state index contributed by atoms with van der Waals surface area (Å²) in [7, 11) is 0. The molecule has 3 heterocycles. The van der Waals surface area contributed by atoms with Crippen LogP contribution in [-0.2, 0) is 0 Å². The summed E-state index contributed by atoms with van der Waals surface area (Å²) >= 11 is 0. The van der Waals surface area contributed by atoms with Gasteiger partial charge in [-0.3, -0.25) is 0 Å². The van der Waals surface area contributed by atoms with Gasteiger partial charge >= 0.3 is 0 Å². The molecule has 0 fully saturated rings. The van der Waals surface area contributed by atoms with Gasteiger partial charge in [0.25, 0.3) is 0 Å². The van der Waals surface area contributed by atoms with Crippen LogP contribution in [0.2, 0.25) is 0 Å². The fourth-order valence-corrected chi connectivity index (χ4v) is 10.1. The van der Waals surface area contributed by atoms with Crippen LogP contribution in [0.5, 0.6) is 0 Å². The van der Waals surface area contributed by atoms with Crippen LogP contribution in [0.25, 0.3) is 121 Å². The van der Waals surface area contributed by atoms with Crippen molar-refractivity contribution in [2.75, 3.05) is 0 Å².